The number of benzene rings is 1. The summed E-state index contributed by atoms with van der Waals surface area (Å²) in [4.78, 5) is 0. The molecule has 1 aromatic carbocycles. The summed E-state index contributed by atoms with van der Waals surface area (Å²) in [6.07, 6.45) is -0.154. The van der Waals surface area contributed by atoms with E-state index in [1.165, 1.54) is 0 Å². The molecule has 5 unspecified atom stereocenters. The van der Waals surface area contributed by atoms with Crippen molar-refractivity contribution in [1.82, 2.24) is 0 Å². The molecule has 0 aliphatic heterocycles. The van der Waals surface area contributed by atoms with Crippen LogP contribution in [0.25, 0.3) is 0 Å². The van der Waals surface area contributed by atoms with Gasteiger partial charge in [-0.3, -0.25) is 0 Å². The zero-order valence-corrected chi connectivity index (χ0v) is 14.1. The Bertz CT molecular complexity index is 605. The average Bonchev–Trinajstić information content (AvgIpc) is 2.95. The van der Waals surface area contributed by atoms with Crippen LogP contribution in [0.15, 0.2) is 12.1 Å². The molecule has 3 rings (SSSR count). The first kappa shape index (κ1) is 18.6. The lowest BCUT2D eigenvalue weighted by molar-refractivity contribution is -0.0845. The Morgan fingerprint density at radius 3 is 2.28 bits per heavy atom. The Labute approximate surface area is 143 Å². The van der Waals surface area contributed by atoms with Gasteiger partial charge < -0.3 is 0 Å². The fourth-order valence-corrected chi connectivity index (χ4v) is 4.78. The van der Waals surface area contributed by atoms with Crippen LogP contribution in [0.1, 0.15) is 56.9 Å². The molecule has 25 heavy (non-hydrogen) atoms. The normalized spacial score (nSPS) is 34.6. The molecule has 140 valence electrons. The van der Waals surface area contributed by atoms with E-state index in [1.807, 2.05) is 6.92 Å². The molecule has 0 bridgehead atoms. The molecule has 0 saturated heterocycles. The number of halogens is 6. The molecule has 2 aliphatic carbocycles. The lowest BCUT2D eigenvalue weighted by atomic mass is 9.87. The predicted octanol–water partition coefficient (Wildman–Crippen LogP) is 6.40. The van der Waals surface area contributed by atoms with Crippen LogP contribution in [0.5, 0.6) is 0 Å². The van der Waals surface area contributed by atoms with Crippen LogP contribution in [-0.4, -0.2) is 12.1 Å². The smallest absolute Gasteiger partial charge is 0.247 e. The maximum Gasteiger partial charge on any atom is 0.251 e. The number of hydrogen-bond acceptors (Lipinski definition) is 0. The Morgan fingerprint density at radius 2 is 1.68 bits per heavy atom. The highest BCUT2D eigenvalue weighted by atomic mass is 19.3. The summed E-state index contributed by atoms with van der Waals surface area (Å²) in [6.45, 7) is 1.89. The molecule has 0 nitrogen and oxygen atoms in total. The van der Waals surface area contributed by atoms with Crippen molar-refractivity contribution in [3.8, 4) is 0 Å². The summed E-state index contributed by atoms with van der Waals surface area (Å²) in [7, 11) is 0. The molecule has 2 saturated carbocycles. The molecular formula is C19H22F6. The summed E-state index contributed by atoms with van der Waals surface area (Å²) >= 11 is 0. The Kier molecular flexibility index (Phi) is 5.09. The minimum atomic E-state index is -2.99. The van der Waals surface area contributed by atoms with Crippen LogP contribution in [0.2, 0.25) is 0 Å². The third kappa shape index (κ3) is 3.54. The molecule has 2 aliphatic rings. The van der Waals surface area contributed by atoms with Gasteiger partial charge in [0.1, 0.15) is 6.17 Å². The van der Waals surface area contributed by atoms with E-state index in [2.05, 4.69) is 0 Å². The van der Waals surface area contributed by atoms with Gasteiger partial charge in [0, 0.05) is 12.3 Å². The predicted molar refractivity (Wildman–Crippen MR) is 82.7 cm³/mol. The van der Waals surface area contributed by atoms with Gasteiger partial charge in [0.15, 0.2) is 17.5 Å². The van der Waals surface area contributed by atoms with Crippen LogP contribution in [0, 0.1) is 35.2 Å². The van der Waals surface area contributed by atoms with E-state index < -0.39 is 47.3 Å². The lowest BCUT2D eigenvalue weighted by Crippen LogP contribution is -2.32. The SMILES string of the molecule is CCCC1CC(F)C2CC(c3cc(F)c(F)c(F)c3)CC2C(F)(F)C1. The van der Waals surface area contributed by atoms with Gasteiger partial charge >= 0.3 is 0 Å². The zero-order valence-electron chi connectivity index (χ0n) is 14.1. The average molecular weight is 364 g/mol. The second kappa shape index (κ2) is 6.84. The minimum absolute atomic E-state index is 0.0263. The fourth-order valence-electron chi connectivity index (χ4n) is 4.78. The number of fused-ring (bicyclic) bond motifs is 1. The Hall–Kier alpha value is -1.20. The Balaban J connectivity index is 1.85. The van der Waals surface area contributed by atoms with E-state index in [0.29, 0.717) is 6.42 Å². The van der Waals surface area contributed by atoms with Crippen LogP contribution in [0.3, 0.4) is 0 Å². The van der Waals surface area contributed by atoms with Crippen molar-refractivity contribution in [3.05, 3.63) is 35.1 Å². The summed E-state index contributed by atoms with van der Waals surface area (Å²) < 4.78 is 84.1. The van der Waals surface area contributed by atoms with E-state index in [1.54, 1.807) is 0 Å². The molecule has 5 atom stereocenters. The first-order valence-electron chi connectivity index (χ1n) is 8.89. The zero-order chi connectivity index (χ0) is 18.4. The number of rotatable bonds is 3. The molecular weight excluding hydrogens is 342 g/mol. The van der Waals surface area contributed by atoms with Crippen molar-refractivity contribution in [1.29, 1.82) is 0 Å². The molecule has 1 aromatic rings. The van der Waals surface area contributed by atoms with E-state index in [-0.39, 0.29) is 37.2 Å². The van der Waals surface area contributed by atoms with E-state index in [4.69, 9.17) is 0 Å². The third-order valence-corrected chi connectivity index (χ3v) is 5.91. The van der Waals surface area contributed by atoms with Crippen LogP contribution < -0.4 is 0 Å². The maximum absolute atomic E-state index is 14.7. The number of hydrogen-bond donors (Lipinski definition) is 0. The first-order chi connectivity index (χ1) is 11.7. The van der Waals surface area contributed by atoms with Crippen molar-refractivity contribution in [2.24, 2.45) is 17.8 Å². The van der Waals surface area contributed by atoms with Gasteiger partial charge in [0.2, 0.25) is 0 Å². The highest BCUT2D eigenvalue weighted by Crippen LogP contribution is 2.55. The highest BCUT2D eigenvalue weighted by Gasteiger charge is 2.55. The number of alkyl halides is 3. The largest absolute Gasteiger partial charge is 0.251 e. The van der Waals surface area contributed by atoms with Gasteiger partial charge in [-0.1, -0.05) is 19.8 Å². The van der Waals surface area contributed by atoms with Gasteiger partial charge in [0.05, 0.1) is 0 Å². The molecule has 0 aromatic heterocycles. The van der Waals surface area contributed by atoms with Crippen LogP contribution in [-0.2, 0) is 0 Å². The second-order valence-corrected chi connectivity index (χ2v) is 7.61. The first-order valence-corrected chi connectivity index (χ1v) is 8.89. The summed E-state index contributed by atoms with van der Waals surface area (Å²) in [5, 5.41) is 0. The standard InChI is InChI=1S/C19H22F6/c1-2-3-10-4-15(20)13-5-11(6-14(13)19(24,25)9-10)12-7-16(21)18(23)17(22)8-12/h7-8,10-11,13-15H,2-6,9H2,1H3. The minimum Gasteiger partial charge on any atom is -0.247 e. The van der Waals surface area contributed by atoms with Gasteiger partial charge in [-0.15, -0.1) is 0 Å². The molecule has 0 radical (unpaired) electrons. The second-order valence-electron chi connectivity index (χ2n) is 7.61. The summed E-state index contributed by atoms with van der Waals surface area (Å²) in [6, 6.07) is 1.69. The maximum atomic E-state index is 14.7. The molecule has 0 heterocycles. The van der Waals surface area contributed by atoms with Crippen molar-refractivity contribution in [2.45, 2.75) is 63.5 Å². The molecule has 0 amide bonds. The lowest BCUT2D eigenvalue weighted by Gasteiger charge is -2.27. The Morgan fingerprint density at radius 1 is 1.04 bits per heavy atom. The van der Waals surface area contributed by atoms with Gasteiger partial charge in [-0.2, -0.15) is 0 Å². The molecule has 2 fully saturated rings. The van der Waals surface area contributed by atoms with Gasteiger partial charge in [-0.05, 0) is 54.7 Å². The topological polar surface area (TPSA) is 0 Å². The van der Waals surface area contributed by atoms with Gasteiger partial charge in [0.25, 0.3) is 5.92 Å². The third-order valence-electron chi connectivity index (χ3n) is 5.91. The van der Waals surface area contributed by atoms with E-state index in [0.717, 1.165) is 18.6 Å². The van der Waals surface area contributed by atoms with Crippen LogP contribution >= 0.6 is 0 Å². The van der Waals surface area contributed by atoms with Crippen molar-refractivity contribution >= 4 is 0 Å². The van der Waals surface area contributed by atoms with E-state index >= 15 is 0 Å². The van der Waals surface area contributed by atoms with Crippen molar-refractivity contribution in [2.75, 3.05) is 0 Å². The van der Waals surface area contributed by atoms with Gasteiger partial charge in [-0.25, -0.2) is 26.3 Å². The quantitative estimate of drug-likeness (QED) is 0.430. The fraction of sp³-hybridized carbons (Fsp3) is 0.684. The molecule has 0 N–H and O–H groups in total. The summed E-state index contributed by atoms with van der Waals surface area (Å²) in [5.74, 6) is -10.1. The highest BCUT2D eigenvalue weighted by molar-refractivity contribution is 5.25. The van der Waals surface area contributed by atoms with Crippen LogP contribution in [0.4, 0.5) is 26.3 Å². The summed E-state index contributed by atoms with van der Waals surface area (Å²) in [5.41, 5.74) is 0.137. The molecule has 0 spiro atoms. The molecule has 6 heteroatoms. The van der Waals surface area contributed by atoms with Crippen molar-refractivity contribution in [3.63, 3.8) is 0 Å². The monoisotopic (exact) mass is 364 g/mol. The van der Waals surface area contributed by atoms with Crippen molar-refractivity contribution < 1.29 is 26.3 Å². The van der Waals surface area contributed by atoms with E-state index in [9.17, 15) is 26.3 Å².